The van der Waals surface area contributed by atoms with Crippen LogP contribution in [0.5, 0.6) is 0 Å². The summed E-state index contributed by atoms with van der Waals surface area (Å²) in [6, 6.07) is 12.2. The van der Waals surface area contributed by atoms with Gasteiger partial charge in [0, 0.05) is 44.3 Å². The first-order valence-corrected chi connectivity index (χ1v) is 14.8. The van der Waals surface area contributed by atoms with Crippen molar-refractivity contribution in [3.05, 3.63) is 69.1 Å². The number of benzene rings is 2. The lowest BCUT2D eigenvalue weighted by Crippen LogP contribution is -2.51. The van der Waals surface area contributed by atoms with E-state index in [0.717, 1.165) is 27.8 Å². The Labute approximate surface area is 231 Å². The lowest BCUT2D eigenvalue weighted by molar-refractivity contribution is -0.125. The van der Waals surface area contributed by atoms with Crippen molar-refractivity contribution in [3.63, 3.8) is 0 Å². The number of aryl methyl sites for hydroxylation is 2. The lowest BCUT2D eigenvalue weighted by atomic mass is 10.1. The number of sulfonamides is 1. The zero-order chi connectivity index (χ0) is 27.4. The van der Waals surface area contributed by atoms with Crippen LogP contribution < -0.4 is 5.32 Å². The highest BCUT2D eigenvalue weighted by Gasteiger charge is 2.35. The molecular weight excluding hydrogens is 548 g/mol. The van der Waals surface area contributed by atoms with E-state index in [1.807, 2.05) is 18.7 Å². The van der Waals surface area contributed by atoms with Crippen LogP contribution in [0.1, 0.15) is 16.7 Å². The summed E-state index contributed by atoms with van der Waals surface area (Å²) in [6.45, 7) is 5.53. The summed E-state index contributed by atoms with van der Waals surface area (Å²) in [4.78, 5) is 41.0. The van der Waals surface area contributed by atoms with Gasteiger partial charge in [0.2, 0.25) is 15.9 Å². The molecule has 12 heteroatoms. The highest BCUT2D eigenvalue weighted by Crippen LogP contribution is 2.33. The summed E-state index contributed by atoms with van der Waals surface area (Å²) in [5, 5.41) is 2.82. The zero-order valence-electron chi connectivity index (χ0n) is 21.1. The number of imide groups is 1. The van der Waals surface area contributed by atoms with Crippen LogP contribution in [0.25, 0.3) is 6.08 Å². The third-order valence-electron chi connectivity index (χ3n) is 6.54. The van der Waals surface area contributed by atoms with Gasteiger partial charge >= 0.3 is 0 Å². The molecule has 0 saturated carbocycles. The van der Waals surface area contributed by atoms with Crippen LogP contribution in [-0.2, 0) is 19.6 Å². The summed E-state index contributed by atoms with van der Waals surface area (Å²) in [7, 11) is -3.59. The van der Waals surface area contributed by atoms with Gasteiger partial charge in [-0.3, -0.25) is 24.2 Å². The minimum atomic E-state index is -3.59. The van der Waals surface area contributed by atoms with Crippen LogP contribution in [0.3, 0.4) is 0 Å². The number of rotatable bonds is 8. The van der Waals surface area contributed by atoms with Crippen molar-refractivity contribution < 1.29 is 22.8 Å². The van der Waals surface area contributed by atoms with Crippen molar-refractivity contribution in [2.24, 2.45) is 0 Å². The average Bonchev–Trinajstić information content (AvgIpc) is 3.14. The molecule has 1 N–H and O–H groups in total. The number of nitrogens with one attached hydrogen (secondary N) is 1. The molecule has 0 bridgehead atoms. The van der Waals surface area contributed by atoms with Gasteiger partial charge in [0.25, 0.3) is 11.1 Å². The zero-order valence-corrected chi connectivity index (χ0v) is 23.5. The van der Waals surface area contributed by atoms with Gasteiger partial charge in [-0.2, -0.15) is 4.31 Å². The van der Waals surface area contributed by atoms with E-state index in [1.165, 1.54) is 4.31 Å². The molecule has 0 radical (unpaired) electrons. The third-order valence-corrected chi connectivity index (χ3v) is 9.68. The van der Waals surface area contributed by atoms with Crippen molar-refractivity contribution in [1.29, 1.82) is 0 Å². The van der Waals surface area contributed by atoms with E-state index in [2.05, 4.69) is 5.32 Å². The number of piperazine rings is 1. The van der Waals surface area contributed by atoms with Crippen LogP contribution >= 0.6 is 23.4 Å². The smallest absolute Gasteiger partial charge is 0.293 e. The average molecular weight is 577 g/mol. The predicted octanol–water partition coefficient (Wildman–Crippen LogP) is 3.12. The number of nitrogens with zero attached hydrogens (tertiary/aromatic N) is 3. The highest BCUT2D eigenvalue weighted by molar-refractivity contribution is 8.18. The lowest BCUT2D eigenvalue weighted by Gasteiger charge is -2.33. The number of amides is 3. The maximum Gasteiger partial charge on any atom is 0.293 e. The fourth-order valence-corrected chi connectivity index (χ4v) is 6.70. The van der Waals surface area contributed by atoms with Crippen LogP contribution in [0, 0.1) is 13.8 Å². The van der Waals surface area contributed by atoms with E-state index in [0.29, 0.717) is 23.7 Å². The van der Waals surface area contributed by atoms with Crippen LogP contribution in [0.15, 0.2) is 52.3 Å². The second kappa shape index (κ2) is 12.0. The molecule has 38 heavy (non-hydrogen) atoms. The fraction of sp³-hybridized carbons (Fsp3) is 0.346. The monoisotopic (exact) mass is 576 g/mol. The van der Waals surface area contributed by atoms with E-state index in [4.69, 9.17) is 11.6 Å². The van der Waals surface area contributed by atoms with E-state index >= 15 is 0 Å². The number of carbonyl (C=O) groups excluding carboxylic acids is 3. The molecule has 0 unspecified atom stereocenters. The maximum atomic E-state index is 13.0. The van der Waals surface area contributed by atoms with Crippen molar-refractivity contribution >= 4 is 56.5 Å². The van der Waals surface area contributed by atoms with Crippen LogP contribution in [0.4, 0.5) is 4.79 Å². The molecule has 3 amide bonds. The Bertz CT molecular complexity index is 1390. The largest absolute Gasteiger partial charge is 0.353 e. The minimum absolute atomic E-state index is 0.0538. The van der Waals surface area contributed by atoms with Crippen molar-refractivity contribution in [2.75, 3.05) is 45.8 Å². The summed E-state index contributed by atoms with van der Waals surface area (Å²) in [6.07, 6.45) is 1.59. The molecule has 2 heterocycles. The van der Waals surface area contributed by atoms with Crippen molar-refractivity contribution in [2.45, 2.75) is 18.7 Å². The van der Waals surface area contributed by atoms with Gasteiger partial charge in [-0.25, -0.2) is 8.42 Å². The van der Waals surface area contributed by atoms with E-state index < -0.39 is 21.2 Å². The van der Waals surface area contributed by atoms with Gasteiger partial charge in [-0.15, -0.1) is 0 Å². The van der Waals surface area contributed by atoms with Gasteiger partial charge in [-0.05, 0) is 66.6 Å². The summed E-state index contributed by atoms with van der Waals surface area (Å²) < 4.78 is 27.4. The Kier molecular flexibility index (Phi) is 8.94. The summed E-state index contributed by atoms with van der Waals surface area (Å²) in [5.41, 5.74) is 2.60. The molecular formula is C26H29ClN4O5S2. The Morgan fingerprint density at radius 3 is 2.45 bits per heavy atom. The first-order chi connectivity index (χ1) is 18.1. The van der Waals surface area contributed by atoms with Crippen molar-refractivity contribution in [3.8, 4) is 0 Å². The Balaban J connectivity index is 1.23. The number of carbonyl (C=O) groups is 3. The fourth-order valence-electron chi connectivity index (χ4n) is 4.14. The maximum absolute atomic E-state index is 13.0. The molecule has 2 aliphatic heterocycles. The number of thioether (sulfide) groups is 1. The number of halogens is 1. The number of hydrogen-bond acceptors (Lipinski definition) is 7. The molecule has 2 fully saturated rings. The molecule has 9 nitrogen and oxygen atoms in total. The molecule has 0 spiro atoms. The summed E-state index contributed by atoms with van der Waals surface area (Å²) >= 11 is 6.98. The molecule has 2 aliphatic rings. The standard InChI is InChI=1S/C26H29ClN4O5S2/c1-18-7-8-21(15-19(18)2)38(35,36)30-13-11-29(12-14-30)17-24(32)28-9-10-31-25(33)23(37-26(31)34)16-20-5-3-4-6-22(20)27/h3-8,15-16H,9-14,17H2,1-2H3,(H,28,32). The van der Waals surface area contributed by atoms with E-state index in [1.54, 1.807) is 48.5 Å². The van der Waals surface area contributed by atoms with Crippen molar-refractivity contribution in [1.82, 2.24) is 19.4 Å². The van der Waals surface area contributed by atoms with E-state index in [9.17, 15) is 22.8 Å². The minimum Gasteiger partial charge on any atom is -0.353 e. The van der Waals surface area contributed by atoms with E-state index in [-0.39, 0.29) is 48.4 Å². The molecule has 0 aliphatic carbocycles. The first kappa shape index (κ1) is 28.3. The van der Waals surface area contributed by atoms with Crippen LogP contribution in [0.2, 0.25) is 5.02 Å². The second-order valence-electron chi connectivity index (χ2n) is 9.13. The molecule has 2 aromatic rings. The quantitative estimate of drug-likeness (QED) is 0.481. The van der Waals surface area contributed by atoms with Gasteiger partial charge in [0.15, 0.2) is 0 Å². The van der Waals surface area contributed by atoms with Gasteiger partial charge < -0.3 is 5.32 Å². The second-order valence-corrected chi connectivity index (χ2v) is 12.5. The predicted molar refractivity (Wildman–Crippen MR) is 148 cm³/mol. The van der Waals surface area contributed by atoms with Gasteiger partial charge in [0.05, 0.1) is 16.3 Å². The molecule has 0 atom stereocenters. The Morgan fingerprint density at radius 2 is 1.76 bits per heavy atom. The Hall–Kier alpha value is -2.70. The number of hydrogen-bond donors (Lipinski definition) is 1. The normalized spacial score (nSPS) is 18.4. The molecule has 2 saturated heterocycles. The van der Waals surface area contributed by atoms with Gasteiger partial charge in [-0.1, -0.05) is 35.9 Å². The highest BCUT2D eigenvalue weighted by atomic mass is 35.5. The topological polar surface area (TPSA) is 107 Å². The SMILES string of the molecule is Cc1ccc(S(=O)(=O)N2CCN(CC(=O)NCCN3C(=O)SC(=Cc4ccccc4Cl)C3=O)CC2)cc1C. The molecule has 4 rings (SSSR count). The Morgan fingerprint density at radius 1 is 1.05 bits per heavy atom. The molecule has 202 valence electrons. The summed E-state index contributed by atoms with van der Waals surface area (Å²) in [5.74, 6) is -0.677. The van der Waals surface area contributed by atoms with Crippen LogP contribution in [-0.4, -0.2) is 85.4 Å². The van der Waals surface area contributed by atoms with Gasteiger partial charge in [0.1, 0.15) is 0 Å². The molecule has 2 aromatic carbocycles. The third kappa shape index (κ3) is 6.47. The molecule has 0 aromatic heterocycles. The first-order valence-electron chi connectivity index (χ1n) is 12.1.